The van der Waals surface area contributed by atoms with Crippen LogP contribution in [0, 0.1) is 0 Å². The Balaban J connectivity index is 4.45. The zero-order valence-corrected chi connectivity index (χ0v) is 41.3. The van der Waals surface area contributed by atoms with E-state index in [1.807, 2.05) is 0 Å². The van der Waals surface area contributed by atoms with Gasteiger partial charge in [0, 0.05) is 6.42 Å². The maximum atomic E-state index is 13.2. The number of carbonyl (C=O) groups is 2. The van der Waals surface area contributed by atoms with E-state index in [1.54, 1.807) is 0 Å². The van der Waals surface area contributed by atoms with Crippen molar-refractivity contribution in [2.24, 2.45) is 0 Å². The van der Waals surface area contributed by atoms with Gasteiger partial charge in [0.05, 0.1) is 25.2 Å². The Labute approximate surface area is 380 Å². The highest BCUT2D eigenvalue weighted by Crippen LogP contribution is 2.18. The van der Waals surface area contributed by atoms with Gasteiger partial charge < -0.3 is 20.3 Å². The molecule has 1 amide bonds. The average Bonchev–Trinajstić information content (AvgIpc) is 3.25. The molecule has 0 aliphatic carbocycles. The van der Waals surface area contributed by atoms with Gasteiger partial charge in [-0.15, -0.1) is 0 Å². The number of allylic oxidation sites excluding steroid dienone is 2. The molecule has 0 rings (SSSR count). The van der Waals surface area contributed by atoms with Gasteiger partial charge in [0.25, 0.3) is 0 Å². The molecule has 0 aromatic rings. The second-order valence-electron chi connectivity index (χ2n) is 19.0. The molecule has 0 aliphatic rings. The molecule has 0 spiro atoms. The molecule has 6 heteroatoms. The number of hydrogen-bond donors (Lipinski definition) is 3. The lowest BCUT2D eigenvalue weighted by molar-refractivity contribution is -0.151. The second-order valence-corrected chi connectivity index (χ2v) is 19.0. The molecular weight excluding hydrogens is 755 g/mol. The highest BCUT2D eigenvalue weighted by atomic mass is 16.5. The zero-order valence-electron chi connectivity index (χ0n) is 41.3. The molecule has 3 unspecified atom stereocenters. The third-order valence-corrected chi connectivity index (χ3v) is 12.8. The van der Waals surface area contributed by atoms with Gasteiger partial charge in [-0.05, 0) is 51.4 Å². The summed E-state index contributed by atoms with van der Waals surface area (Å²) in [7, 11) is 0. The highest BCUT2D eigenvalue weighted by Gasteiger charge is 2.24. The molecule has 0 aromatic carbocycles. The Morgan fingerprint density at radius 2 is 0.787 bits per heavy atom. The lowest BCUT2D eigenvalue weighted by atomic mass is 10.0. The van der Waals surface area contributed by atoms with Crippen LogP contribution in [0.4, 0.5) is 0 Å². The molecule has 0 saturated carbocycles. The molecule has 0 heterocycles. The summed E-state index contributed by atoms with van der Waals surface area (Å²) in [6.45, 7) is 6.50. The monoisotopic (exact) mass is 862 g/mol. The predicted molar refractivity (Wildman–Crippen MR) is 264 cm³/mol. The SMILES string of the molecule is CCCCCCCCCCC/C=C/CCCCCC(CC(=O)NC(CO)C(O)CCCCCCCCCCCCCCCCCCC)OC(=O)CCCCCCCCCCC. The standard InChI is InChI=1S/C55H107NO5/c1-4-7-10-13-16-19-21-23-25-27-29-31-33-36-38-41-44-47-53(58)52(50-57)56-54(59)49-51(61-55(60)48-45-42-39-34-18-15-12-9-6-3)46-43-40-37-35-32-30-28-26-24-22-20-17-14-11-8-5-2/h30,32,51-53,57-58H,4-29,31,33-50H2,1-3H3,(H,56,59)/b32-30+. The van der Waals surface area contributed by atoms with Gasteiger partial charge in [0.1, 0.15) is 6.10 Å². The van der Waals surface area contributed by atoms with Crippen LogP contribution in [0.1, 0.15) is 303 Å². The van der Waals surface area contributed by atoms with Crippen molar-refractivity contribution < 1.29 is 24.5 Å². The lowest BCUT2D eigenvalue weighted by Gasteiger charge is -2.24. The fourth-order valence-electron chi connectivity index (χ4n) is 8.66. The van der Waals surface area contributed by atoms with Crippen molar-refractivity contribution in [3.05, 3.63) is 12.2 Å². The smallest absolute Gasteiger partial charge is 0.306 e. The number of ether oxygens (including phenoxy) is 1. The molecule has 0 aromatic heterocycles. The van der Waals surface area contributed by atoms with Crippen LogP contribution in [0.25, 0.3) is 0 Å². The summed E-state index contributed by atoms with van der Waals surface area (Å²) in [4.78, 5) is 26.1. The zero-order chi connectivity index (χ0) is 44.5. The van der Waals surface area contributed by atoms with Crippen LogP contribution in [0.3, 0.4) is 0 Å². The maximum absolute atomic E-state index is 13.2. The van der Waals surface area contributed by atoms with E-state index in [4.69, 9.17) is 4.74 Å². The average molecular weight is 862 g/mol. The number of nitrogens with one attached hydrogen (secondary N) is 1. The van der Waals surface area contributed by atoms with Crippen LogP contribution in [0.2, 0.25) is 0 Å². The molecule has 61 heavy (non-hydrogen) atoms. The Kier molecular flexibility index (Phi) is 48.5. The van der Waals surface area contributed by atoms with Crippen molar-refractivity contribution in [1.29, 1.82) is 0 Å². The van der Waals surface area contributed by atoms with Crippen molar-refractivity contribution >= 4 is 11.9 Å². The Morgan fingerprint density at radius 3 is 1.18 bits per heavy atom. The quantitative estimate of drug-likeness (QED) is 0.0322. The molecule has 0 saturated heterocycles. The molecule has 0 fully saturated rings. The molecule has 3 atom stereocenters. The van der Waals surface area contributed by atoms with Crippen LogP contribution in [-0.4, -0.2) is 46.9 Å². The molecule has 3 N–H and O–H groups in total. The minimum Gasteiger partial charge on any atom is -0.462 e. The number of amides is 1. The largest absolute Gasteiger partial charge is 0.462 e. The van der Waals surface area contributed by atoms with E-state index in [2.05, 4.69) is 38.2 Å². The number of carbonyl (C=O) groups excluding carboxylic acids is 2. The first-order valence-electron chi connectivity index (χ1n) is 27.4. The summed E-state index contributed by atoms with van der Waals surface area (Å²) in [5.74, 6) is -0.474. The first kappa shape index (κ1) is 59.6. The van der Waals surface area contributed by atoms with E-state index in [9.17, 15) is 19.8 Å². The fourth-order valence-corrected chi connectivity index (χ4v) is 8.66. The third kappa shape index (κ3) is 45.0. The van der Waals surface area contributed by atoms with Gasteiger partial charge in [0.2, 0.25) is 5.91 Å². The van der Waals surface area contributed by atoms with E-state index in [-0.39, 0.29) is 24.9 Å². The minimum atomic E-state index is -0.786. The Bertz CT molecular complexity index is 924. The fraction of sp³-hybridized carbons (Fsp3) is 0.927. The van der Waals surface area contributed by atoms with Crippen LogP contribution < -0.4 is 5.32 Å². The number of aliphatic hydroxyl groups excluding tert-OH is 2. The Hall–Kier alpha value is -1.40. The summed E-state index contributed by atoms with van der Waals surface area (Å²) < 4.78 is 5.92. The van der Waals surface area contributed by atoms with Crippen LogP contribution in [-0.2, 0) is 14.3 Å². The molecular formula is C55H107NO5. The van der Waals surface area contributed by atoms with Crippen LogP contribution in [0.5, 0.6) is 0 Å². The van der Waals surface area contributed by atoms with E-state index < -0.39 is 18.2 Å². The second kappa shape index (κ2) is 49.6. The highest BCUT2D eigenvalue weighted by molar-refractivity contribution is 5.77. The molecule has 0 radical (unpaired) electrons. The van der Waals surface area contributed by atoms with Gasteiger partial charge in [-0.25, -0.2) is 0 Å². The van der Waals surface area contributed by atoms with Crippen molar-refractivity contribution in [1.82, 2.24) is 5.32 Å². The van der Waals surface area contributed by atoms with Gasteiger partial charge in [-0.2, -0.15) is 0 Å². The summed E-state index contributed by atoms with van der Waals surface area (Å²) in [5, 5.41) is 23.8. The number of hydrogen-bond acceptors (Lipinski definition) is 5. The first-order valence-corrected chi connectivity index (χ1v) is 27.4. The number of aliphatic hydroxyl groups is 2. The number of rotatable bonds is 50. The Morgan fingerprint density at radius 1 is 0.459 bits per heavy atom. The van der Waals surface area contributed by atoms with Crippen molar-refractivity contribution in [3.63, 3.8) is 0 Å². The van der Waals surface area contributed by atoms with E-state index >= 15 is 0 Å². The topological polar surface area (TPSA) is 95.9 Å². The lowest BCUT2D eigenvalue weighted by Crippen LogP contribution is -2.46. The molecule has 0 aliphatic heterocycles. The molecule has 6 nitrogen and oxygen atoms in total. The normalized spacial score (nSPS) is 13.2. The minimum absolute atomic E-state index is 0.0739. The van der Waals surface area contributed by atoms with E-state index in [0.29, 0.717) is 19.3 Å². The summed E-state index contributed by atoms with van der Waals surface area (Å²) >= 11 is 0. The molecule has 0 bridgehead atoms. The summed E-state index contributed by atoms with van der Waals surface area (Å²) in [6.07, 6.45) is 55.7. The predicted octanol–water partition coefficient (Wildman–Crippen LogP) is 16.5. The maximum Gasteiger partial charge on any atom is 0.306 e. The first-order chi connectivity index (χ1) is 30.0. The van der Waals surface area contributed by atoms with Gasteiger partial charge in [-0.3, -0.25) is 9.59 Å². The summed E-state index contributed by atoms with van der Waals surface area (Å²) in [5.41, 5.74) is 0. The third-order valence-electron chi connectivity index (χ3n) is 12.8. The van der Waals surface area contributed by atoms with Crippen molar-refractivity contribution in [2.45, 2.75) is 322 Å². The van der Waals surface area contributed by atoms with E-state index in [0.717, 1.165) is 57.8 Å². The van der Waals surface area contributed by atoms with Crippen LogP contribution >= 0.6 is 0 Å². The molecule has 362 valence electrons. The number of esters is 1. The van der Waals surface area contributed by atoms with Crippen LogP contribution in [0.15, 0.2) is 12.2 Å². The van der Waals surface area contributed by atoms with Crippen molar-refractivity contribution in [2.75, 3.05) is 6.61 Å². The number of unbranched alkanes of at least 4 members (excludes halogenated alkanes) is 36. The van der Waals surface area contributed by atoms with E-state index in [1.165, 1.54) is 199 Å². The van der Waals surface area contributed by atoms with Gasteiger partial charge in [0.15, 0.2) is 0 Å². The van der Waals surface area contributed by atoms with Crippen molar-refractivity contribution in [3.8, 4) is 0 Å². The van der Waals surface area contributed by atoms with Gasteiger partial charge >= 0.3 is 5.97 Å². The van der Waals surface area contributed by atoms with Gasteiger partial charge in [-0.1, -0.05) is 251 Å². The summed E-state index contributed by atoms with van der Waals surface area (Å²) in [6, 6.07) is -0.700.